The van der Waals surface area contributed by atoms with Gasteiger partial charge in [-0.1, -0.05) is 50.3 Å². The quantitative estimate of drug-likeness (QED) is 0.606. The van der Waals surface area contributed by atoms with Gasteiger partial charge in [0.1, 0.15) is 5.75 Å². The van der Waals surface area contributed by atoms with Crippen molar-refractivity contribution in [2.75, 3.05) is 13.9 Å². The maximum atomic E-state index is 5.92. The average molecular weight is 441 g/mol. The molecule has 166 valence electrons. The highest BCUT2D eigenvalue weighted by Crippen LogP contribution is 2.33. The van der Waals surface area contributed by atoms with Crippen molar-refractivity contribution >= 4 is 17.3 Å². The molecule has 1 N–H and O–H groups in total. The molecule has 5 nitrogen and oxygen atoms in total. The second-order valence-corrected chi connectivity index (χ2v) is 8.77. The van der Waals surface area contributed by atoms with Gasteiger partial charge >= 0.3 is 0 Å². The highest BCUT2D eigenvalue weighted by molar-refractivity contribution is 7.80. The Morgan fingerprint density at radius 3 is 2.45 bits per heavy atom. The highest BCUT2D eigenvalue weighted by Gasteiger charge is 2.19. The van der Waals surface area contributed by atoms with E-state index < -0.39 is 0 Å². The summed E-state index contributed by atoms with van der Waals surface area (Å²) in [6.45, 7) is 1.70. The first kappa shape index (κ1) is 21.8. The van der Waals surface area contributed by atoms with Crippen molar-refractivity contribution in [3.05, 3.63) is 53.6 Å². The number of hydrogen-bond donors (Lipinski definition) is 1. The van der Waals surface area contributed by atoms with Crippen LogP contribution in [0.25, 0.3) is 0 Å². The molecular formula is C25H32N2O3S. The first-order chi connectivity index (χ1) is 15.2. The van der Waals surface area contributed by atoms with E-state index in [4.69, 9.17) is 26.4 Å². The molecule has 0 amide bonds. The van der Waals surface area contributed by atoms with Crippen molar-refractivity contribution in [2.45, 2.75) is 64.1 Å². The van der Waals surface area contributed by atoms with Crippen LogP contribution in [0.1, 0.15) is 56.1 Å². The lowest BCUT2D eigenvalue weighted by atomic mass is 9.97. The third-order valence-electron chi connectivity index (χ3n) is 6.04. The molecule has 2 aromatic carbocycles. The summed E-state index contributed by atoms with van der Waals surface area (Å²) >= 11 is 5.92. The molecule has 0 atom stereocenters. The van der Waals surface area contributed by atoms with E-state index in [0.717, 1.165) is 27.9 Å². The normalized spacial score (nSPS) is 16.3. The van der Waals surface area contributed by atoms with Crippen LogP contribution in [-0.2, 0) is 13.1 Å². The lowest BCUT2D eigenvalue weighted by Crippen LogP contribution is -2.44. The molecular weight excluding hydrogens is 408 g/mol. The van der Waals surface area contributed by atoms with Gasteiger partial charge in [0.15, 0.2) is 16.6 Å². The Morgan fingerprint density at radius 2 is 1.68 bits per heavy atom. The van der Waals surface area contributed by atoms with Gasteiger partial charge in [-0.25, -0.2) is 0 Å². The first-order valence-electron chi connectivity index (χ1n) is 11.3. The summed E-state index contributed by atoms with van der Waals surface area (Å²) in [5.74, 6) is 2.47. The first-order valence-corrected chi connectivity index (χ1v) is 11.7. The van der Waals surface area contributed by atoms with E-state index in [1.54, 1.807) is 7.11 Å². The highest BCUT2D eigenvalue weighted by atomic mass is 32.1. The number of nitrogens with one attached hydrogen (secondary N) is 1. The number of methoxy groups -OCH3 is 1. The van der Waals surface area contributed by atoms with Gasteiger partial charge in [0.25, 0.3) is 0 Å². The van der Waals surface area contributed by atoms with Crippen molar-refractivity contribution in [3.63, 3.8) is 0 Å². The van der Waals surface area contributed by atoms with Gasteiger partial charge in [-0.2, -0.15) is 0 Å². The van der Waals surface area contributed by atoms with Crippen LogP contribution in [0, 0.1) is 0 Å². The van der Waals surface area contributed by atoms with Gasteiger partial charge in [0.05, 0.1) is 7.11 Å². The summed E-state index contributed by atoms with van der Waals surface area (Å²) in [5.41, 5.74) is 2.32. The Balaban J connectivity index is 1.50. The average Bonchev–Trinajstić information content (AvgIpc) is 3.23. The van der Waals surface area contributed by atoms with Crippen LogP contribution in [0.4, 0.5) is 0 Å². The van der Waals surface area contributed by atoms with Crippen molar-refractivity contribution in [1.29, 1.82) is 0 Å². The predicted octanol–water partition coefficient (Wildman–Crippen LogP) is 5.41. The summed E-state index contributed by atoms with van der Waals surface area (Å²) in [5, 5.41) is 4.49. The maximum Gasteiger partial charge on any atom is 0.231 e. The van der Waals surface area contributed by atoms with Crippen molar-refractivity contribution in [3.8, 4) is 17.2 Å². The second-order valence-electron chi connectivity index (χ2n) is 8.39. The third-order valence-corrected chi connectivity index (χ3v) is 6.41. The van der Waals surface area contributed by atoms with E-state index in [2.05, 4.69) is 34.5 Å². The lowest BCUT2D eigenvalue weighted by molar-refractivity contribution is 0.174. The van der Waals surface area contributed by atoms with Crippen LogP contribution in [-0.4, -0.2) is 30.0 Å². The predicted molar refractivity (Wildman–Crippen MR) is 127 cm³/mol. The van der Waals surface area contributed by atoms with Crippen LogP contribution >= 0.6 is 12.2 Å². The molecule has 2 aliphatic rings. The van der Waals surface area contributed by atoms with E-state index >= 15 is 0 Å². The number of fused-ring (bicyclic) bond motifs is 1. The monoisotopic (exact) mass is 440 g/mol. The van der Waals surface area contributed by atoms with Gasteiger partial charge in [-0.3, -0.25) is 0 Å². The Bertz CT molecular complexity index is 881. The van der Waals surface area contributed by atoms with Gasteiger partial charge in [-0.15, -0.1) is 0 Å². The Morgan fingerprint density at radius 1 is 0.968 bits per heavy atom. The molecule has 0 radical (unpaired) electrons. The van der Waals surface area contributed by atoms with E-state index in [0.29, 0.717) is 19.1 Å². The number of ether oxygens (including phenoxy) is 3. The molecule has 4 rings (SSSR count). The number of nitrogens with zero attached hydrogens (tertiary/aromatic N) is 1. The number of rotatable bonds is 6. The Kier molecular flexibility index (Phi) is 7.52. The number of thiocarbonyl (C=S) groups is 1. The molecule has 1 aliphatic heterocycles. The zero-order valence-corrected chi connectivity index (χ0v) is 19.1. The smallest absolute Gasteiger partial charge is 0.231 e. The zero-order chi connectivity index (χ0) is 21.5. The van der Waals surface area contributed by atoms with Crippen LogP contribution in [0.2, 0.25) is 0 Å². The summed E-state index contributed by atoms with van der Waals surface area (Å²) in [4.78, 5) is 2.24. The standard InChI is InChI=1S/C25H32N2O3S/c1-28-22-11-7-8-19(14-22)16-27(17-20-12-13-23-24(15-20)30-18-29-23)25(31)26-21-9-5-3-2-4-6-10-21/h7-8,11-15,21H,2-6,9-10,16-18H2,1H3,(H,26,31). The van der Waals surface area contributed by atoms with Crippen LogP contribution < -0.4 is 19.5 Å². The van der Waals surface area contributed by atoms with E-state index in [1.165, 1.54) is 50.5 Å². The van der Waals surface area contributed by atoms with Crippen molar-refractivity contribution in [1.82, 2.24) is 10.2 Å². The summed E-state index contributed by atoms with van der Waals surface area (Å²) in [7, 11) is 1.70. The van der Waals surface area contributed by atoms with Crippen LogP contribution in [0.5, 0.6) is 17.2 Å². The van der Waals surface area contributed by atoms with Gasteiger partial charge in [-0.05, 0) is 60.5 Å². The second kappa shape index (κ2) is 10.7. The minimum Gasteiger partial charge on any atom is -0.497 e. The van der Waals surface area contributed by atoms with Gasteiger partial charge in [0, 0.05) is 19.1 Å². The SMILES string of the molecule is COc1cccc(CN(Cc2ccc3c(c2)OCO3)C(=S)NC2CCCCCCC2)c1. The lowest BCUT2D eigenvalue weighted by Gasteiger charge is -2.30. The fourth-order valence-electron chi connectivity index (χ4n) is 4.32. The van der Waals surface area contributed by atoms with Gasteiger partial charge in [0.2, 0.25) is 6.79 Å². The molecule has 0 saturated heterocycles. The molecule has 2 aromatic rings. The molecule has 0 aromatic heterocycles. The topological polar surface area (TPSA) is 43.0 Å². The number of benzene rings is 2. The third kappa shape index (κ3) is 6.03. The zero-order valence-electron chi connectivity index (χ0n) is 18.3. The van der Waals surface area contributed by atoms with E-state index in [-0.39, 0.29) is 6.79 Å². The minimum absolute atomic E-state index is 0.286. The van der Waals surface area contributed by atoms with E-state index in [9.17, 15) is 0 Å². The van der Waals surface area contributed by atoms with Crippen molar-refractivity contribution < 1.29 is 14.2 Å². The number of hydrogen-bond acceptors (Lipinski definition) is 4. The fraction of sp³-hybridized carbons (Fsp3) is 0.480. The summed E-state index contributed by atoms with van der Waals surface area (Å²) in [6.07, 6.45) is 8.96. The Hall–Kier alpha value is -2.47. The summed E-state index contributed by atoms with van der Waals surface area (Å²) in [6, 6.07) is 14.8. The largest absolute Gasteiger partial charge is 0.497 e. The minimum atomic E-state index is 0.286. The molecule has 1 fully saturated rings. The molecule has 6 heteroatoms. The molecule has 0 unspecified atom stereocenters. The molecule has 1 aliphatic carbocycles. The van der Waals surface area contributed by atoms with Crippen molar-refractivity contribution in [2.24, 2.45) is 0 Å². The molecule has 1 saturated carbocycles. The fourth-order valence-corrected chi connectivity index (χ4v) is 4.61. The Labute approximate surface area is 190 Å². The molecule has 0 spiro atoms. The molecule has 31 heavy (non-hydrogen) atoms. The van der Waals surface area contributed by atoms with Crippen LogP contribution in [0.15, 0.2) is 42.5 Å². The maximum absolute atomic E-state index is 5.92. The molecule has 0 bridgehead atoms. The van der Waals surface area contributed by atoms with Gasteiger partial charge < -0.3 is 24.4 Å². The van der Waals surface area contributed by atoms with E-state index in [1.807, 2.05) is 18.2 Å². The molecule has 1 heterocycles. The van der Waals surface area contributed by atoms with Crippen LogP contribution in [0.3, 0.4) is 0 Å². The summed E-state index contributed by atoms with van der Waals surface area (Å²) < 4.78 is 16.4.